The molecule has 1 aliphatic heterocycles. The van der Waals surface area contributed by atoms with E-state index in [-0.39, 0.29) is 6.01 Å². The maximum Gasteiger partial charge on any atom is 0.328 e. The van der Waals surface area contributed by atoms with Gasteiger partial charge in [0.25, 0.3) is 0 Å². The zero-order valence-corrected chi connectivity index (χ0v) is 19.0. The second-order valence-corrected chi connectivity index (χ2v) is 8.82. The van der Waals surface area contributed by atoms with Gasteiger partial charge < -0.3 is 14.2 Å². The summed E-state index contributed by atoms with van der Waals surface area (Å²) in [6.45, 7) is 2.10. The molecule has 1 aliphatic rings. The Balaban J connectivity index is 1.44. The topological polar surface area (TPSA) is 68.7 Å². The average molecular weight is 455 g/mol. The lowest BCUT2D eigenvalue weighted by molar-refractivity contribution is 0.348. The molecule has 2 aromatic carbocycles. The Morgan fingerprint density at radius 1 is 1.00 bits per heavy atom. The van der Waals surface area contributed by atoms with Crippen LogP contribution in [0.4, 0.5) is 5.69 Å². The molecule has 0 aliphatic carbocycles. The van der Waals surface area contributed by atoms with E-state index in [1.807, 2.05) is 34.9 Å². The van der Waals surface area contributed by atoms with Crippen molar-refractivity contribution in [3.05, 3.63) is 76.2 Å². The maximum atomic E-state index is 5.98. The van der Waals surface area contributed by atoms with Crippen LogP contribution >= 0.6 is 23.7 Å². The van der Waals surface area contributed by atoms with Crippen molar-refractivity contribution in [3.63, 3.8) is 0 Å². The van der Waals surface area contributed by atoms with Crippen LogP contribution in [0.25, 0.3) is 0 Å². The number of hydrogen-bond acceptors (Lipinski definition) is 9. The molecule has 0 amide bonds. The van der Waals surface area contributed by atoms with E-state index in [1.54, 1.807) is 29.8 Å². The molecule has 1 aromatic heterocycles. The third-order valence-corrected chi connectivity index (χ3v) is 6.58. The molecule has 0 unspecified atom stereocenters. The van der Waals surface area contributed by atoms with E-state index >= 15 is 0 Å². The SMILES string of the molecule is COc1cc(OC)nc(Oc2ccccc2N2NC=C(SCc3ccc(C)cc3)S2)n1. The number of hydrogen-bond donors (Lipinski definition) is 1. The van der Waals surface area contributed by atoms with Gasteiger partial charge in [-0.2, -0.15) is 9.97 Å². The molecule has 1 N–H and O–H groups in total. The Labute approximate surface area is 189 Å². The Morgan fingerprint density at radius 3 is 2.42 bits per heavy atom. The molecular weight excluding hydrogens is 432 g/mol. The lowest BCUT2D eigenvalue weighted by Crippen LogP contribution is -2.22. The second kappa shape index (κ2) is 9.84. The molecule has 0 fully saturated rings. The van der Waals surface area contributed by atoms with E-state index in [2.05, 4.69) is 46.6 Å². The summed E-state index contributed by atoms with van der Waals surface area (Å²) < 4.78 is 19.5. The molecule has 0 atom stereocenters. The van der Waals surface area contributed by atoms with Gasteiger partial charge >= 0.3 is 6.01 Å². The van der Waals surface area contributed by atoms with Gasteiger partial charge in [-0.1, -0.05) is 42.0 Å². The fourth-order valence-corrected chi connectivity index (χ4v) is 4.62. The predicted octanol–water partition coefficient (Wildman–Crippen LogP) is 5.30. The largest absolute Gasteiger partial charge is 0.481 e. The van der Waals surface area contributed by atoms with Gasteiger partial charge in [-0.25, -0.2) is 4.41 Å². The van der Waals surface area contributed by atoms with Crippen LogP contribution in [-0.4, -0.2) is 24.2 Å². The molecule has 0 bridgehead atoms. The van der Waals surface area contributed by atoms with Crippen molar-refractivity contribution < 1.29 is 14.2 Å². The number of para-hydroxylation sites is 2. The maximum absolute atomic E-state index is 5.98. The first-order valence-electron chi connectivity index (χ1n) is 9.51. The second-order valence-electron chi connectivity index (χ2n) is 6.56. The first kappa shape index (κ1) is 21.2. The number of ether oxygens (including phenoxy) is 3. The van der Waals surface area contributed by atoms with Crippen molar-refractivity contribution in [1.82, 2.24) is 15.4 Å². The van der Waals surface area contributed by atoms with E-state index in [4.69, 9.17) is 14.2 Å². The standard InChI is InChI=1S/C22H22N4O3S2/c1-15-8-10-16(11-9-15)14-30-21-13-23-26(31-21)17-6-4-5-7-18(17)29-22-24-19(27-2)12-20(25-22)28-3/h4-13,23H,14H2,1-3H3. The predicted molar refractivity (Wildman–Crippen MR) is 125 cm³/mol. The first-order chi connectivity index (χ1) is 15.1. The summed E-state index contributed by atoms with van der Waals surface area (Å²) in [6, 6.07) is 18.0. The molecule has 31 heavy (non-hydrogen) atoms. The fourth-order valence-electron chi connectivity index (χ4n) is 2.73. The zero-order chi connectivity index (χ0) is 21.6. The number of nitrogens with zero attached hydrogens (tertiary/aromatic N) is 3. The number of aryl methyl sites for hydroxylation is 1. The van der Waals surface area contributed by atoms with Crippen LogP contribution in [-0.2, 0) is 5.75 Å². The van der Waals surface area contributed by atoms with Crippen LogP contribution in [0, 0.1) is 6.92 Å². The summed E-state index contributed by atoms with van der Waals surface area (Å²) in [4.78, 5) is 8.50. The third-order valence-electron chi connectivity index (χ3n) is 4.34. The molecule has 2 heterocycles. The molecular formula is C22H22N4O3S2. The van der Waals surface area contributed by atoms with E-state index in [0.29, 0.717) is 17.5 Å². The van der Waals surface area contributed by atoms with Crippen molar-refractivity contribution in [3.8, 4) is 23.5 Å². The molecule has 0 saturated carbocycles. The van der Waals surface area contributed by atoms with E-state index in [9.17, 15) is 0 Å². The Bertz CT molecular complexity index is 1050. The molecule has 7 nitrogen and oxygen atoms in total. The van der Waals surface area contributed by atoms with Gasteiger partial charge in [0, 0.05) is 23.9 Å². The minimum Gasteiger partial charge on any atom is -0.481 e. The highest BCUT2D eigenvalue weighted by molar-refractivity contribution is 8.22. The van der Waals surface area contributed by atoms with Gasteiger partial charge in [0.05, 0.1) is 24.5 Å². The van der Waals surface area contributed by atoms with Gasteiger partial charge in [-0.15, -0.1) is 11.8 Å². The highest BCUT2D eigenvalue weighted by Crippen LogP contribution is 2.42. The number of thioether (sulfide) groups is 1. The normalized spacial score (nSPS) is 12.9. The van der Waals surface area contributed by atoms with Gasteiger partial charge in [0.2, 0.25) is 11.8 Å². The van der Waals surface area contributed by atoms with E-state index in [1.165, 1.54) is 25.3 Å². The van der Waals surface area contributed by atoms with Gasteiger partial charge in [-0.05, 0) is 24.6 Å². The first-order valence-corrected chi connectivity index (χ1v) is 11.3. The fraction of sp³-hybridized carbons (Fsp3) is 0.182. The van der Waals surface area contributed by atoms with Crippen LogP contribution in [0.2, 0.25) is 0 Å². The highest BCUT2D eigenvalue weighted by atomic mass is 32.2. The monoisotopic (exact) mass is 454 g/mol. The lowest BCUT2D eigenvalue weighted by Gasteiger charge is -2.20. The van der Waals surface area contributed by atoms with Gasteiger partial charge in [0.1, 0.15) is 5.69 Å². The smallest absolute Gasteiger partial charge is 0.328 e. The summed E-state index contributed by atoms with van der Waals surface area (Å²) >= 11 is 3.38. The molecule has 9 heteroatoms. The van der Waals surface area contributed by atoms with Crippen molar-refractivity contribution in [2.75, 3.05) is 18.6 Å². The lowest BCUT2D eigenvalue weighted by atomic mass is 10.2. The number of nitrogens with one attached hydrogen (secondary N) is 1. The molecule has 0 spiro atoms. The summed E-state index contributed by atoms with van der Waals surface area (Å²) in [7, 11) is 3.07. The van der Waals surface area contributed by atoms with Crippen LogP contribution in [0.3, 0.4) is 0 Å². The third kappa shape index (κ3) is 5.36. The van der Waals surface area contributed by atoms with Crippen LogP contribution in [0.15, 0.2) is 65.0 Å². The number of aromatic nitrogens is 2. The molecule has 4 rings (SSSR count). The van der Waals surface area contributed by atoms with Crippen LogP contribution < -0.4 is 24.1 Å². The Kier molecular flexibility index (Phi) is 6.73. The molecule has 3 aromatic rings. The number of anilines is 1. The number of methoxy groups -OCH3 is 2. The molecule has 160 valence electrons. The van der Waals surface area contributed by atoms with Crippen molar-refractivity contribution in [2.24, 2.45) is 0 Å². The van der Waals surface area contributed by atoms with Crippen molar-refractivity contribution in [2.45, 2.75) is 12.7 Å². The van der Waals surface area contributed by atoms with Crippen LogP contribution in [0.1, 0.15) is 11.1 Å². The van der Waals surface area contributed by atoms with Gasteiger partial charge in [0.15, 0.2) is 5.75 Å². The quantitative estimate of drug-likeness (QED) is 0.457. The summed E-state index contributed by atoms with van der Waals surface area (Å²) in [5.41, 5.74) is 6.69. The van der Waals surface area contributed by atoms with Gasteiger partial charge in [-0.3, -0.25) is 5.43 Å². The van der Waals surface area contributed by atoms with E-state index in [0.717, 1.165) is 15.7 Å². The zero-order valence-electron chi connectivity index (χ0n) is 17.4. The number of benzene rings is 2. The summed E-state index contributed by atoms with van der Waals surface area (Å²) in [6.07, 6.45) is 1.99. The average Bonchev–Trinajstić information content (AvgIpc) is 3.27. The minimum absolute atomic E-state index is 0.148. The molecule has 0 saturated heterocycles. The van der Waals surface area contributed by atoms with Crippen molar-refractivity contribution in [1.29, 1.82) is 0 Å². The Hall–Kier alpha value is -3.04. The number of rotatable bonds is 8. The van der Waals surface area contributed by atoms with Crippen LogP contribution in [0.5, 0.6) is 23.5 Å². The molecule has 0 radical (unpaired) electrons. The van der Waals surface area contributed by atoms with Crippen molar-refractivity contribution >= 4 is 29.4 Å². The summed E-state index contributed by atoms with van der Waals surface area (Å²) in [5.74, 6) is 2.24. The number of hydrazine groups is 1. The van der Waals surface area contributed by atoms with E-state index < -0.39 is 0 Å². The minimum atomic E-state index is 0.148. The summed E-state index contributed by atoms with van der Waals surface area (Å²) in [5, 5.41) is 0. The Morgan fingerprint density at radius 2 is 1.71 bits per heavy atom. The highest BCUT2D eigenvalue weighted by Gasteiger charge is 2.21.